The Bertz CT molecular complexity index is 943. The van der Waals surface area contributed by atoms with E-state index in [1.54, 1.807) is 6.07 Å². The first kappa shape index (κ1) is 15.1. The molecule has 0 saturated heterocycles. The number of rotatable bonds is 3. The Balaban J connectivity index is 1.72. The number of nitrogens with zero attached hydrogens (tertiary/aromatic N) is 1. The average molecular weight is 355 g/mol. The Labute approximate surface area is 150 Å². The molecular weight excluding hydrogens is 343 g/mol. The van der Waals surface area contributed by atoms with Crippen LogP contribution in [0.2, 0.25) is 5.02 Å². The molecule has 2 aliphatic rings. The Morgan fingerprint density at radius 3 is 2.67 bits per heavy atom. The van der Waals surface area contributed by atoms with Crippen molar-refractivity contribution < 1.29 is 4.79 Å². The van der Waals surface area contributed by atoms with Gasteiger partial charge in [0.1, 0.15) is 0 Å². The van der Waals surface area contributed by atoms with E-state index in [2.05, 4.69) is 17.8 Å². The standard InChI is InChI=1S/C19H12Cl2N2O/c1-3-12-4-6-13(7-5-12)11(2)10-19-16-15(23(19)21)9-8-14(20)17(16)22-18(19)24/h1,4-9H,2,10H2,(H,22,24). The van der Waals surface area contributed by atoms with Crippen LogP contribution in [0.25, 0.3) is 5.57 Å². The van der Waals surface area contributed by atoms with Crippen LogP contribution in [-0.2, 0) is 10.3 Å². The Kier molecular flexibility index (Phi) is 3.18. The van der Waals surface area contributed by atoms with Gasteiger partial charge in [0.25, 0.3) is 5.91 Å². The van der Waals surface area contributed by atoms with Gasteiger partial charge in [-0.15, -0.1) is 6.42 Å². The number of nitrogens with one attached hydrogen (secondary N) is 1. The molecule has 1 atom stereocenters. The summed E-state index contributed by atoms with van der Waals surface area (Å²) in [5, 5.41) is 3.36. The summed E-state index contributed by atoms with van der Waals surface area (Å²) < 4.78 is 1.48. The van der Waals surface area contributed by atoms with E-state index in [1.807, 2.05) is 30.3 Å². The molecule has 2 aliphatic heterocycles. The summed E-state index contributed by atoms with van der Waals surface area (Å²) in [5.41, 5.74) is 3.85. The van der Waals surface area contributed by atoms with Gasteiger partial charge in [-0.1, -0.05) is 36.2 Å². The van der Waals surface area contributed by atoms with Crippen LogP contribution in [0.4, 0.5) is 11.4 Å². The minimum atomic E-state index is -0.959. The second-order valence-corrected chi connectivity index (χ2v) is 6.66. The number of anilines is 2. The van der Waals surface area contributed by atoms with Crippen molar-refractivity contribution in [3.63, 3.8) is 0 Å². The molecule has 1 unspecified atom stereocenters. The van der Waals surface area contributed by atoms with E-state index in [0.29, 0.717) is 17.1 Å². The highest BCUT2D eigenvalue weighted by atomic mass is 35.5. The molecule has 4 rings (SSSR count). The lowest BCUT2D eigenvalue weighted by Gasteiger charge is -2.46. The molecule has 0 spiro atoms. The van der Waals surface area contributed by atoms with Crippen molar-refractivity contribution in [2.24, 2.45) is 0 Å². The molecule has 2 aromatic carbocycles. The maximum atomic E-state index is 12.7. The van der Waals surface area contributed by atoms with Crippen LogP contribution >= 0.6 is 23.4 Å². The number of carbonyl (C=O) groups excluding carboxylic acids is 1. The molecule has 24 heavy (non-hydrogen) atoms. The van der Waals surface area contributed by atoms with Gasteiger partial charge in [0, 0.05) is 29.3 Å². The SMILES string of the molecule is C#Cc1ccc(C(=C)CC23C(=O)Nc4c(Cl)ccc(c42)N3Cl)cc1. The molecule has 0 aromatic heterocycles. The van der Waals surface area contributed by atoms with Gasteiger partial charge in [0.2, 0.25) is 0 Å². The summed E-state index contributed by atoms with van der Waals surface area (Å²) in [7, 11) is 0. The van der Waals surface area contributed by atoms with Crippen molar-refractivity contribution in [3.8, 4) is 12.3 Å². The first-order valence-electron chi connectivity index (χ1n) is 7.34. The van der Waals surface area contributed by atoms with Gasteiger partial charge in [-0.25, -0.2) is 0 Å². The first-order chi connectivity index (χ1) is 11.5. The quantitative estimate of drug-likeness (QED) is 0.647. The van der Waals surface area contributed by atoms with Crippen molar-refractivity contribution in [2.75, 3.05) is 9.74 Å². The molecule has 0 aliphatic carbocycles. The average Bonchev–Trinajstić information content (AvgIpc) is 2.87. The van der Waals surface area contributed by atoms with Crippen LogP contribution < -0.4 is 9.74 Å². The Morgan fingerprint density at radius 2 is 2.00 bits per heavy atom. The van der Waals surface area contributed by atoms with Crippen LogP contribution in [0.5, 0.6) is 0 Å². The van der Waals surface area contributed by atoms with Crippen LogP contribution in [-0.4, -0.2) is 5.91 Å². The summed E-state index contributed by atoms with van der Waals surface area (Å²) >= 11 is 12.6. The topological polar surface area (TPSA) is 32.3 Å². The summed E-state index contributed by atoms with van der Waals surface area (Å²) in [6.07, 6.45) is 5.75. The molecule has 0 bridgehead atoms. The number of carbonyl (C=O) groups is 1. The van der Waals surface area contributed by atoms with E-state index < -0.39 is 5.54 Å². The number of halogens is 2. The highest BCUT2D eigenvalue weighted by molar-refractivity contribution is 6.39. The lowest BCUT2D eigenvalue weighted by molar-refractivity contribution is -0.120. The molecular formula is C19H12Cl2N2O. The normalized spacial score (nSPS) is 20.0. The molecule has 0 fully saturated rings. The van der Waals surface area contributed by atoms with Gasteiger partial charge in [0.15, 0.2) is 5.54 Å². The van der Waals surface area contributed by atoms with Gasteiger partial charge in [0.05, 0.1) is 16.4 Å². The number of hydrogen-bond donors (Lipinski definition) is 1. The molecule has 2 heterocycles. The maximum Gasteiger partial charge on any atom is 0.256 e. The fraction of sp³-hybridized carbons (Fsp3) is 0.105. The number of benzene rings is 2. The number of hydrogen-bond acceptors (Lipinski definition) is 2. The monoisotopic (exact) mass is 354 g/mol. The Hall–Kier alpha value is -2.41. The third kappa shape index (κ3) is 1.78. The van der Waals surface area contributed by atoms with Gasteiger partial charge >= 0.3 is 0 Å². The van der Waals surface area contributed by atoms with E-state index >= 15 is 0 Å². The van der Waals surface area contributed by atoms with Crippen LogP contribution in [0, 0.1) is 12.3 Å². The fourth-order valence-corrected chi connectivity index (χ4v) is 3.96. The Morgan fingerprint density at radius 1 is 1.29 bits per heavy atom. The summed E-state index contributed by atoms with van der Waals surface area (Å²) in [6.45, 7) is 4.13. The maximum absolute atomic E-state index is 12.7. The molecule has 5 heteroatoms. The smallest absolute Gasteiger partial charge is 0.256 e. The minimum Gasteiger partial charge on any atom is -0.322 e. The van der Waals surface area contributed by atoms with Crippen LogP contribution in [0.15, 0.2) is 43.0 Å². The molecule has 1 amide bonds. The zero-order chi connectivity index (χ0) is 17.1. The van der Waals surface area contributed by atoms with Crippen molar-refractivity contribution in [3.05, 3.63) is 64.7 Å². The number of terminal acetylenes is 1. The van der Waals surface area contributed by atoms with Crippen molar-refractivity contribution >= 4 is 46.2 Å². The van der Waals surface area contributed by atoms with Crippen LogP contribution in [0.1, 0.15) is 23.1 Å². The predicted octanol–water partition coefficient (Wildman–Crippen LogP) is 4.55. The van der Waals surface area contributed by atoms with Gasteiger partial charge in [-0.3, -0.25) is 9.21 Å². The van der Waals surface area contributed by atoms with Crippen molar-refractivity contribution in [2.45, 2.75) is 12.0 Å². The molecule has 118 valence electrons. The van der Waals surface area contributed by atoms with Gasteiger partial charge in [-0.2, -0.15) is 0 Å². The van der Waals surface area contributed by atoms with Gasteiger partial charge in [-0.05, 0) is 35.4 Å². The van der Waals surface area contributed by atoms with E-state index in [9.17, 15) is 4.79 Å². The zero-order valence-corrected chi connectivity index (χ0v) is 14.1. The highest BCUT2D eigenvalue weighted by Gasteiger charge is 2.61. The van der Waals surface area contributed by atoms with Crippen molar-refractivity contribution in [1.29, 1.82) is 0 Å². The zero-order valence-electron chi connectivity index (χ0n) is 12.6. The third-order valence-electron chi connectivity index (χ3n) is 4.64. The minimum absolute atomic E-state index is 0.186. The van der Waals surface area contributed by atoms with Gasteiger partial charge < -0.3 is 5.32 Å². The molecule has 0 saturated carbocycles. The summed E-state index contributed by atoms with van der Waals surface area (Å²) in [6, 6.07) is 11.0. The van der Waals surface area contributed by atoms with Crippen LogP contribution in [0.3, 0.4) is 0 Å². The summed E-state index contributed by atoms with van der Waals surface area (Å²) in [4.78, 5) is 12.7. The van der Waals surface area contributed by atoms with E-state index in [4.69, 9.17) is 29.8 Å². The second kappa shape index (κ2) is 5.04. The third-order valence-corrected chi connectivity index (χ3v) is 5.42. The van der Waals surface area contributed by atoms with E-state index in [-0.39, 0.29) is 5.91 Å². The second-order valence-electron chi connectivity index (χ2n) is 5.91. The van der Waals surface area contributed by atoms with E-state index in [1.165, 1.54) is 4.42 Å². The number of amides is 1. The fourth-order valence-electron chi connectivity index (χ4n) is 3.39. The largest absolute Gasteiger partial charge is 0.322 e. The predicted molar refractivity (Wildman–Crippen MR) is 98.1 cm³/mol. The highest BCUT2D eigenvalue weighted by Crippen LogP contribution is 2.61. The molecule has 2 aromatic rings. The lowest BCUT2D eigenvalue weighted by Crippen LogP contribution is -2.53. The van der Waals surface area contributed by atoms with E-state index in [0.717, 1.165) is 28.0 Å². The molecule has 0 radical (unpaired) electrons. The van der Waals surface area contributed by atoms with Crippen molar-refractivity contribution in [1.82, 2.24) is 0 Å². The first-order valence-corrected chi connectivity index (χ1v) is 8.06. The molecule has 3 nitrogen and oxygen atoms in total. The summed E-state index contributed by atoms with van der Waals surface area (Å²) in [5.74, 6) is 2.39. The molecule has 1 N–H and O–H groups in total. The lowest BCUT2D eigenvalue weighted by atomic mass is 9.76.